The van der Waals surface area contributed by atoms with Crippen LogP contribution in [0.5, 0.6) is 0 Å². The van der Waals surface area contributed by atoms with E-state index in [9.17, 15) is 24.3 Å². The van der Waals surface area contributed by atoms with E-state index in [-0.39, 0.29) is 60.4 Å². The summed E-state index contributed by atoms with van der Waals surface area (Å²) in [4.78, 5) is 64.9. The topological polar surface area (TPSA) is 242 Å². The number of hydrogen-bond acceptors (Lipinski definition) is 16. The lowest BCUT2D eigenvalue weighted by Gasteiger charge is -2.17. The van der Waals surface area contributed by atoms with Gasteiger partial charge in [-0.2, -0.15) is 0 Å². The van der Waals surface area contributed by atoms with E-state index in [1.165, 1.54) is 12.6 Å². The molecule has 5 aliphatic carbocycles. The maximum Gasteiger partial charge on any atom is 0.209 e. The fourth-order valence-electron chi connectivity index (χ4n) is 9.39. The van der Waals surface area contributed by atoms with Crippen LogP contribution in [0, 0.1) is 20.8 Å². The number of carbonyl (C=O) groups is 4. The standard InChI is InChI=1S/C17H21NO3.C17H21NO2.C17H17NO2.C6H8N4O2/c1-11-8-14-15(6-3-7-17(14)21-11)18-10-16(20)12-4-2-5-13(19)9-12;2*1-12-10-14-15(8-5-9-17(14)20-12)18-11-16(19)13-6-3-2-4-7-13;1-2-8-3-4(11)5-6(7)10-12-9-5/h4,8,13,19H,2-3,5-7,9-10H2,1H3;6,10H,2-5,7-9,11H2,1H3;2-4,6-7,10H,5,8-9,11H2,1H3;2H,3H2,1H3,(H2,7,10). The van der Waals surface area contributed by atoms with Gasteiger partial charge in [-0.05, 0) is 151 Å². The van der Waals surface area contributed by atoms with Crippen LogP contribution < -0.4 is 5.73 Å². The van der Waals surface area contributed by atoms with Crippen molar-refractivity contribution in [2.24, 2.45) is 20.0 Å². The van der Waals surface area contributed by atoms with Gasteiger partial charge in [-0.15, -0.1) is 0 Å². The molecular formula is C57H67N7O9. The third kappa shape index (κ3) is 15.2. The molecule has 0 bridgehead atoms. The molecule has 3 N–H and O–H groups in total. The van der Waals surface area contributed by atoms with Crippen molar-refractivity contribution in [1.82, 2.24) is 10.3 Å². The zero-order valence-electron chi connectivity index (χ0n) is 42.5. The van der Waals surface area contributed by atoms with Crippen molar-refractivity contribution in [2.45, 2.75) is 137 Å². The first-order valence-electron chi connectivity index (χ1n) is 25.5. The zero-order valence-corrected chi connectivity index (χ0v) is 42.5. The predicted octanol–water partition coefficient (Wildman–Crippen LogP) is 10.1. The Morgan fingerprint density at radius 2 is 1.12 bits per heavy atom. The van der Waals surface area contributed by atoms with Gasteiger partial charge in [0.15, 0.2) is 28.9 Å². The van der Waals surface area contributed by atoms with E-state index >= 15 is 0 Å². The SMILES string of the molecule is CC=NCC(=O)c1nonc1N.Cc1cc2c(o1)CCCC2=NCC(=O)C1=CCCC(O)C1.Cc1cc2c(o1)CCCC2=NCC(=O)C1=CCCCC1.Cc1cc2c(o1)CCCC2=NCC(=O)c1ccccc1. The van der Waals surface area contributed by atoms with Crippen molar-refractivity contribution in [2.75, 3.05) is 31.9 Å². The van der Waals surface area contributed by atoms with E-state index in [4.69, 9.17) is 19.0 Å². The van der Waals surface area contributed by atoms with Gasteiger partial charge in [-0.1, -0.05) is 42.5 Å². The van der Waals surface area contributed by atoms with Gasteiger partial charge in [0, 0.05) is 65.1 Å². The number of aliphatic hydroxyl groups is 1. The Hall–Kier alpha value is -7.20. The minimum atomic E-state index is -0.376. The molecule has 73 heavy (non-hydrogen) atoms. The molecule has 5 aromatic rings. The van der Waals surface area contributed by atoms with Crippen LogP contribution in [0.3, 0.4) is 0 Å². The summed E-state index contributed by atoms with van der Waals surface area (Å²) >= 11 is 0. The van der Waals surface area contributed by atoms with E-state index in [2.05, 4.69) is 47.1 Å². The summed E-state index contributed by atoms with van der Waals surface area (Å²) < 4.78 is 21.3. The Balaban J connectivity index is 0.000000145. The largest absolute Gasteiger partial charge is 0.466 e. The number of aryl methyl sites for hydroxylation is 6. The van der Waals surface area contributed by atoms with Crippen LogP contribution in [-0.4, -0.2) is 94.2 Å². The Labute approximate surface area is 426 Å². The molecular weight excluding hydrogens is 927 g/mol. The highest BCUT2D eigenvalue weighted by Gasteiger charge is 2.24. The van der Waals surface area contributed by atoms with Crippen LogP contribution in [0.4, 0.5) is 5.82 Å². The second-order valence-electron chi connectivity index (χ2n) is 18.7. The molecule has 1 atom stereocenters. The molecule has 1 unspecified atom stereocenters. The molecule has 0 radical (unpaired) electrons. The quantitative estimate of drug-likeness (QED) is 0.0876. The number of hydrogen-bond donors (Lipinski definition) is 2. The van der Waals surface area contributed by atoms with Crippen LogP contribution in [0.15, 0.2) is 110 Å². The second-order valence-corrected chi connectivity index (χ2v) is 18.7. The van der Waals surface area contributed by atoms with E-state index in [0.29, 0.717) is 13.0 Å². The van der Waals surface area contributed by atoms with Crippen LogP contribution in [0.2, 0.25) is 0 Å². The summed E-state index contributed by atoms with van der Waals surface area (Å²) in [5.41, 5.74) is 14.1. The van der Waals surface area contributed by atoms with E-state index < -0.39 is 0 Å². The molecule has 1 aromatic carbocycles. The minimum absolute atomic E-state index is 0.00584. The molecule has 0 amide bonds. The number of benzene rings is 1. The second kappa shape index (κ2) is 26.5. The highest BCUT2D eigenvalue weighted by Crippen LogP contribution is 2.28. The van der Waals surface area contributed by atoms with Gasteiger partial charge in [0.2, 0.25) is 5.78 Å². The van der Waals surface area contributed by atoms with Crippen molar-refractivity contribution in [3.63, 3.8) is 0 Å². The summed E-state index contributed by atoms with van der Waals surface area (Å²) in [7, 11) is 0. The Bertz CT molecular complexity index is 2920. The zero-order chi connectivity index (χ0) is 51.7. The van der Waals surface area contributed by atoms with Crippen molar-refractivity contribution in [1.29, 1.82) is 0 Å². The number of aliphatic imine (C=N–C) groups is 4. The molecule has 16 nitrogen and oxygen atoms in total. The maximum absolute atomic E-state index is 12.2. The number of nitrogen functional groups attached to an aromatic ring is 1. The first kappa shape index (κ1) is 53.6. The number of fused-ring (bicyclic) bond motifs is 3. The lowest BCUT2D eigenvalue weighted by Crippen LogP contribution is -2.19. The summed E-state index contributed by atoms with van der Waals surface area (Å²) in [6.45, 7) is 8.28. The normalized spacial score (nSPS) is 18.7. The molecule has 5 aliphatic rings. The number of nitrogens with zero attached hydrogens (tertiary/aromatic N) is 6. The lowest BCUT2D eigenvalue weighted by atomic mass is 9.93. The number of furan rings is 3. The molecule has 0 fully saturated rings. The predicted molar refractivity (Wildman–Crippen MR) is 281 cm³/mol. The number of aliphatic hydroxyl groups excluding tert-OH is 1. The molecule has 16 heteroatoms. The average molecular weight is 994 g/mol. The van der Waals surface area contributed by atoms with Gasteiger partial charge in [-0.25, -0.2) is 4.63 Å². The number of allylic oxidation sites excluding steroid dienone is 2. The van der Waals surface area contributed by atoms with Crippen molar-refractivity contribution in [3.05, 3.63) is 134 Å². The summed E-state index contributed by atoms with van der Waals surface area (Å²) in [5, 5.41) is 16.2. The number of carbonyl (C=O) groups excluding carboxylic acids is 4. The minimum Gasteiger partial charge on any atom is -0.466 e. The van der Waals surface area contributed by atoms with Crippen molar-refractivity contribution < 1.29 is 42.2 Å². The van der Waals surface area contributed by atoms with E-state index in [1.54, 1.807) is 6.92 Å². The molecule has 384 valence electrons. The van der Waals surface area contributed by atoms with E-state index in [0.717, 1.165) is 175 Å². The summed E-state index contributed by atoms with van der Waals surface area (Å²) in [6.07, 6.45) is 20.3. The first-order chi connectivity index (χ1) is 35.4. The Morgan fingerprint density at radius 1 is 0.616 bits per heavy atom. The molecule has 4 aromatic heterocycles. The monoisotopic (exact) mass is 994 g/mol. The van der Waals surface area contributed by atoms with Crippen molar-refractivity contribution >= 4 is 52.3 Å². The Morgan fingerprint density at radius 3 is 1.59 bits per heavy atom. The van der Waals surface area contributed by atoms with Gasteiger partial charge in [0.05, 0.1) is 6.10 Å². The summed E-state index contributed by atoms with van der Waals surface area (Å²) in [6, 6.07) is 15.4. The number of ketones is 4. The summed E-state index contributed by atoms with van der Waals surface area (Å²) in [5.74, 6) is 5.81. The molecule has 0 aliphatic heterocycles. The number of Topliss-reactive ketones (excluding diaryl/α,β-unsaturated/α-hetero) is 4. The average Bonchev–Trinajstić information content (AvgIpc) is 4.21. The van der Waals surface area contributed by atoms with Crippen LogP contribution >= 0.6 is 0 Å². The highest BCUT2D eigenvalue weighted by molar-refractivity contribution is 6.07. The van der Waals surface area contributed by atoms with Crippen LogP contribution in [0.1, 0.15) is 162 Å². The third-order valence-corrected chi connectivity index (χ3v) is 13.1. The van der Waals surface area contributed by atoms with Gasteiger partial charge in [-0.3, -0.25) is 39.1 Å². The third-order valence-electron chi connectivity index (χ3n) is 13.1. The van der Waals surface area contributed by atoms with Crippen LogP contribution in [0.25, 0.3) is 0 Å². The highest BCUT2D eigenvalue weighted by atomic mass is 16.6. The van der Waals surface area contributed by atoms with Gasteiger partial charge >= 0.3 is 0 Å². The molecule has 0 spiro atoms. The van der Waals surface area contributed by atoms with Gasteiger partial charge in [0.25, 0.3) is 0 Å². The maximum atomic E-state index is 12.2. The molecule has 0 saturated heterocycles. The number of rotatable bonds is 12. The number of anilines is 1. The lowest BCUT2D eigenvalue weighted by molar-refractivity contribution is -0.115. The number of nitrogens with two attached hydrogens (primary N) is 1. The fraction of sp³-hybridized carbons (Fsp3) is 0.439. The van der Waals surface area contributed by atoms with Crippen molar-refractivity contribution in [3.8, 4) is 0 Å². The van der Waals surface area contributed by atoms with Gasteiger partial charge in [0.1, 0.15) is 60.7 Å². The fourth-order valence-corrected chi connectivity index (χ4v) is 9.39. The van der Waals surface area contributed by atoms with E-state index in [1.807, 2.05) is 69.3 Å². The smallest absolute Gasteiger partial charge is 0.209 e. The molecule has 4 heterocycles. The Kier molecular flexibility index (Phi) is 19.4. The number of aromatic nitrogens is 2. The molecule has 0 saturated carbocycles. The molecule has 10 rings (SSSR count). The van der Waals surface area contributed by atoms with Crippen LogP contribution in [-0.2, 0) is 28.9 Å². The van der Waals surface area contributed by atoms with Gasteiger partial charge < -0.3 is 24.1 Å². The first-order valence-corrected chi connectivity index (χ1v) is 25.5.